The van der Waals surface area contributed by atoms with Gasteiger partial charge in [-0.15, -0.1) is 11.8 Å². The van der Waals surface area contributed by atoms with Gasteiger partial charge in [0.05, 0.1) is 4.47 Å². The van der Waals surface area contributed by atoms with Crippen LogP contribution < -0.4 is 4.52 Å². The fourth-order valence-electron chi connectivity index (χ4n) is 2.11. The van der Waals surface area contributed by atoms with E-state index in [0.717, 1.165) is 35.1 Å². The van der Waals surface area contributed by atoms with Crippen molar-refractivity contribution in [2.75, 3.05) is 5.75 Å². The first-order chi connectivity index (χ1) is 12.3. The van der Waals surface area contributed by atoms with Crippen LogP contribution in [0.5, 0.6) is 5.75 Å². The minimum Gasteiger partial charge on any atom is -0.420 e. The molecule has 0 aliphatic rings. The second-order valence-electron chi connectivity index (χ2n) is 5.46. The van der Waals surface area contributed by atoms with Crippen molar-refractivity contribution in [1.82, 2.24) is 0 Å². The summed E-state index contributed by atoms with van der Waals surface area (Å²) < 4.78 is 42.1. The molecule has 2 aromatic rings. The van der Waals surface area contributed by atoms with Crippen molar-refractivity contribution in [2.24, 2.45) is 0 Å². The fraction of sp³-hybridized carbons (Fsp3) is 0.294. The molecule has 0 saturated carbocycles. The first-order valence-corrected chi connectivity index (χ1v) is 12.0. The van der Waals surface area contributed by atoms with Gasteiger partial charge in [0.15, 0.2) is 0 Å². The summed E-state index contributed by atoms with van der Waals surface area (Å²) in [6.07, 6.45) is -0.595. The molecule has 3 nitrogen and oxygen atoms in total. The largest absolute Gasteiger partial charge is 0.442 e. The molecule has 0 bridgehead atoms. The Labute approximate surface area is 229 Å². The number of aryl methyl sites for hydroxylation is 1. The van der Waals surface area contributed by atoms with E-state index in [4.69, 9.17) is 4.89 Å². The Hall–Kier alpha value is 1.60. The van der Waals surface area contributed by atoms with Gasteiger partial charge in [-0.3, -0.25) is 0 Å². The van der Waals surface area contributed by atoms with Crippen LogP contribution in [0.25, 0.3) is 0 Å². The van der Waals surface area contributed by atoms with Crippen LogP contribution in [0.4, 0.5) is 8.78 Å². The summed E-state index contributed by atoms with van der Waals surface area (Å²) in [7, 11) is -4.96. The van der Waals surface area contributed by atoms with Gasteiger partial charge in [0, 0.05) is 68.5 Å². The van der Waals surface area contributed by atoms with Gasteiger partial charge in [0.2, 0.25) is 0 Å². The van der Waals surface area contributed by atoms with Crippen molar-refractivity contribution >= 4 is 110 Å². The van der Waals surface area contributed by atoms with Gasteiger partial charge in [0.25, 0.3) is 0 Å². The van der Waals surface area contributed by atoms with Crippen molar-refractivity contribution in [2.45, 2.75) is 30.3 Å². The maximum Gasteiger partial charge on any atom is 0.442 e. The topological polar surface area (TPSA) is 46.5 Å². The molecule has 11 heteroatoms. The first kappa shape index (κ1) is 29.6. The van der Waals surface area contributed by atoms with Gasteiger partial charge >= 0.3 is 13.8 Å². The summed E-state index contributed by atoms with van der Waals surface area (Å²) in [5, 5.41) is 0. The van der Waals surface area contributed by atoms with Crippen LogP contribution in [0.1, 0.15) is 18.4 Å². The van der Waals surface area contributed by atoms with Gasteiger partial charge in [-0.25, -0.2) is 4.57 Å². The van der Waals surface area contributed by atoms with E-state index in [0.29, 0.717) is 4.47 Å². The van der Waals surface area contributed by atoms with Gasteiger partial charge < -0.3 is 9.42 Å². The van der Waals surface area contributed by atoms with E-state index >= 15 is 0 Å². The molecule has 0 aliphatic carbocycles. The molecule has 2 rings (SSSR count). The smallest absolute Gasteiger partial charge is 0.420 e. The van der Waals surface area contributed by atoms with Crippen molar-refractivity contribution in [1.29, 1.82) is 0 Å². The van der Waals surface area contributed by atoms with Crippen molar-refractivity contribution in [3.05, 3.63) is 57.0 Å². The van der Waals surface area contributed by atoms with Crippen molar-refractivity contribution in [3.63, 3.8) is 0 Å². The Balaban J connectivity index is 0.00000364. The molecule has 144 valence electrons. The summed E-state index contributed by atoms with van der Waals surface area (Å²) in [5.41, 5.74) is 1.00. The van der Waals surface area contributed by atoms with Gasteiger partial charge in [-0.05, 0) is 82.9 Å². The molecule has 2 aromatic carbocycles. The average molecular weight is 576 g/mol. The predicted molar refractivity (Wildman–Crippen MR) is 120 cm³/mol. The zero-order chi connectivity index (χ0) is 19.2. The third-order valence-corrected chi connectivity index (χ3v) is 6.61. The van der Waals surface area contributed by atoms with Crippen LogP contribution in [0.2, 0.25) is 0 Å². The molecule has 0 aliphatic heterocycles. The third kappa shape index (κ3) is 10.3. The van der Waals surface area contributed by atoms with E-state index in [9.17, 15) is 13.3 Å². The van der Waals surface area contributed by atoms with E-state index in [-0.39, 0.29) is 64.9 Å². The van der Waals surface area contributed by atoms with Gasteiger partial charge in [-0.2, -0.15) is 8.78 Å². The summed E-state index contributed by atoms with van der Waals surface area (Å²) >= 11 is 8.41. The van der Waals surface area contributed by atoms with Gasteiger partial charge in [-0.1, -0.05) is 22.0 Å². The SMILES string of the molecule is O=P(O)(Oc1ccc(CCCCSc2ccc(Br)cc2)cc1Br)C(F)F.[Na].[Na]. The Morgan fingerprint density at radius 3 is 2.29 bits per heavy atom. The summed E-state index contributed by atoms with van der Waals surface area (Å²) in [6.45, 7) is 0. The fourth-order valence-corrected chi connectivity index (χ4v) is 4.44. The summed E-state index contributed by atoms with van der Waals surface area (Å²) in [4.78, 5) is 10.3. The minimum atomic E-state index is -4.96. The number of alkyl halides is 2. The standard InChI is InChI=1S/C17H17Br2F2O3PS.2Na/c18-13-5-7-14(8-6-13)26-10-2-1-3-12-4-9-16(15(19)11-12)24-25(22,23)17(20)21;;/h4-9,11,17H,1-3,10H2,(H,22,23);;. The number of thioether (sulfide) groups is 1. The van der Waals surface area contributed by atoms with E-state index in [1.807, 2.05) is 12.1 Å². The Morgan fingerprint density at radius 1 is 1.07 bits per heavy atom. The van der Waals surface area contributed by atoms with E-state index < -0.39 is 13.8 Å². The first-order valence-electron chi connectivity index (χ1n) is 7.75. The van der Waals surface area contributed by atoms with Crippen LogP contribution in [0.3, 0.4) is 0 Å². The molecular formula is C17H17Br2F2Na2O3PS. The summed E-state index contributed by atoms with van der Waals surface area (Å²) in [6, 6.07) is 13.1. The van der Waals surface area contributed by atoms with Crippen LogP contribution in [-0.2, 0) is 11.0 Å². The second kappa shape index (κ2) is 14.6. The van der Waals surface area contributed by atoms with Crippen LogP contribution in [0.15, 0.2) is 56.3 Å². The van der Waals surface area contributed by atoms with E-state index in [1.165, 1.54) is 11.0 Å². The number of benzene rings is 2. The number of halogens is 4. The van der Waals surface area contributed by atoms with Crippen molar-refractivity contribution in [3.8, 4) is 5.75 Å². The molecule has 0 fully saturated rings. The molecule has 0 heterocycles. The quantitative estimate of drug-likeness (QED) is 0.164. The second-order valence-corrected chi connectivity index (χ2v) is 10.1. The Morgan fingerprint density at radius 2 is 1.71 bits per heavy atom. The normalized spacial score (nSPS) is 12.6. The molecular weight excluding hydrogens is 559 g/mol. The average Bonchev–Trinajstić information content (AvgIpc) is 2.58. The molecule has 2 radical (unpaired) electrons. The number of unbranched alkanes of at least 4 members (excludes halogenated alkanes) is 1. The van der Waals surface area contributed by atoms with Crippen LogP contribution in [-0.4, -0.2) is 75.9 Å². The maximum atomic E-state index is 12.4. The molecule has 0 spiro atoms. The molecule has 1 unspecified atom stereocenters. The summed E-state index contributed by atoms with van der Waals surface area (Å²) in [5.74, 6) is 0.942. The molecule has 1 N–H and O–H groups in total. The number of rotatable bonds is 9. The molecule has 28 heavy (non-hydrogen) atoms. The Kier molecular flexibility index (Phi) is 15.5. The molecule has 1 atom stereocenters. The van der Waals surface area contributed by atoms with E-state index in [2.05, 4.69) is 48.5 Å². The minimum absolute atomic E-state index is 0. The number of hydrogen-bond donors (Lipinski definition) is 1. The zero-order valence-corrected chi connectivity index (χ0v) is 24.5. The van der Waals surface area contributed by atoms with Crippen molar-refractivity contribution < 1.29 is 22.8 Å². The van der Waals surface area contributed by atoms with Crippen LogP contribution in [0, 0.1) is 0 Å². The molecule has 0 saturated heterocycles. The third-order valence-electron chi connectivity index (χ3n) is 3.41. The zero-order valence-electron chi connectivity index (χ0n) is 15.6. The Bertz CT molecular complexity index is 785. The molecule has 0 amide bonds. The van der Waals surface area contributed by atoms with Gasteiger partial charge in [0.1, 0.15) is 5.75 Å². The van der Waals surface area contributed by atoms with E-state index in [1.54, 1.807) is 23.9 Å². The van der Waals surface area contributed by atoms with Crippen LogP contribution >= 0.6 is 51.2 Å². The number of hydrogen-bond acceptors (Lipinski definition) is 3. The molecule has 0 aromatic heterocycles. The monoisotopic (exact) mass is 574 g/mol. The predicted octanol–water partition coefficient (Wildman–Crippen LogP) is 6.35. The maximum absolute atomic E-state index is 12.4.